The molecule has 2 heterocycles. The molecule has 0 saturated carbocycles. The Bertz CT molecular complexity index is 364. The second kappa shape index (κ2) is 9.74. The van der Waals surface area contributed by atoms with Gasteiger partial charge in [-0.05, 0) is 30.9 Å². The van der Waals surface area contributed by atoms with Gasteiger partial charge >= 0.3 is 0 Å². The van der Waals surface area contributed by atoms with Gasteiger partial charge in [0.1, 0.15) is 0 Å². The topological polar surface area (TPSA) is 48.9 Å². The van der Waals surface area contributed by atoms with Crippen molar-refractivity contribution in [2.75, 3.05) is 57.9 Å². The van der Waals surface area contributed by atoms with E-state index in [1.54, 1.807) is 0 Å². The van der Waals surface area contributed by atoms with Gasteiger partial charge in [-0.25, -0.2) is 0 Å². The Morgan fingerprint density at radius 2 is 2.09 bits per heavy atom. The number of ether oxygens (including phenoxy) is 1. The first-order chi connectivity index (χ1) is 11.2. The highest BCUT2D eigenvalue weighted by Crippen LogP contribution is 2.33. The molecule has 0 aromatic heterocycles. The Morgan fingerprint density at radius 1 is 1.30 bits per heavy atom. The fourth-order valence-electron chi connectivity index (χ4n) is 3.32. The first kappa shape index (κ1) is 18.9. The molecule has 1 unspecified atom stereocenters. The third kappa shape index (κ3) is 5.84. The molecular weight excluding hydrogens is 308 g/mol. The largest absolute Gasteiger partial charge is 0.379 e. The number of morpholine rings is 1. The van der Waals surface area contributed by atoms with Gasteiger partial charge in [-0.15, -0.1) is 0 Å². The van der Waals surface area contributed by atoms with Crippen LogP contribution in [-0.4, -0.2) is 74.3 Å². The minimum Gasteiger partial charge on any atom is -0.379 e. The fourth-order valence-corrected chi connectivity index (χ4v) is 4.80. The predicted molar refractivity (Wildman–Crippen MR) is 101 cm³/mol. The minimum atomic E-state index is 0.268. The highest BCUT2D eigenvalue weighted by molar-refractivity contribution is 7.99. The van der Waals surface area contributed by atoms with Crippen LogP contribution in [0.25, 0.3) is 0 Å². The van der Waals surface area contributed by atoms with Gasteiger partial charge < -0.3 is 15.4 Å². The molecule has 0 amide bonds. The summed E-state index contributed by atoms with van der Waals surface area (Å²) in [6.07, 6.45) is 3.72. The predicted octanol–water partition coefficient (Wildman–Crippen LogP) is 1.80. The molecule has 1 atom stereocenters. The zero-order valence-corrected chi connectivity index (χ0v) is 15.9. The summed E-state index contributed by atoms with van der Waals surface area (Å²) in [4.78, 5) is 7.02. The highest BCUT2D eigenvalue weighted by Gasteiger charge is 2.40. The van der Waals surface area contributed by atoms with Crippen molar-refractivity contribution in [1.82, 2.24) is 15.5 Å². The van der Waals surface area contributed by atoms with Crippen molar-refractivity contribution in [3.05, 3.63) is 0 Å². The summed E-state index contributed by atoms with van der Waals surface area (Å²) in [6, 6.07) is 0. The molecule has 0 aromatic carbocycles. The molecule has 2 rings (SSSR count). The molecule has 2 N–H and O–H groups in total. The zero-order valence-electron chi connectivity index (χ0n) is 15.1. The standard InChI is InChI=1S/C17H34N4OS/c1-15(2)5-4-7-19-16(18-3)20-13-17(6-12-23-14-17)21-8-10-22-11-9-21/h15H,4-14H2,1-3H3,(H2,18,19,20). The first-order valence-electron chi connectivity index (χ1n) is 9.01. The van der Waals surface area contributed by atoms with E-state index in [4.69, 9.17) is 4.74 Å². The van der Waals surface area contributed by atoms with Gasteiger partial charge in [0.05, 0.1) is 13.2 Å². The highest BCUT2D eigenvalue weighted by atomic mass is 32.2. The van der Waals surface area contributed by atoms with E-state index in [0.717, 1.165) is 51.3 Å². The van der Waals surface area contributed by atoms with Crippen molar-refractivity contribution in [2.45, 2.75) is 38.6 Å². The lowest BCUT2D eigenvalue weighted by atomic mass is 9.95. The van der Waals surface area contributed by atoms with E-state index in [0.29, 0.717) is 0 Å². The lowest BCUT2D eigenvalue weighted by Crippen LogP contribution is -2.60. The first-order valence-corrected chi connectivity index (χ1v) is 10.2. The lowest BCUT2D eigenvalue weighted by Gasteiger charge is -2.43. The number of thioether (sulfide) groups is 1. The number of nitrogens with one attached hydrogen (secondary N) is 2. The Balaban J connectivity index is 1.80. The number of rotatable bonds is 7. The summed E-state index contributed by atoms with van der Waals surface area (Å²) < 4.78 is 5.53. The lowest BCUT2D eigenvalue weighted by molar-refractivity contribution is -0.0120. The van der Waals surface area contributed by atoms with Crippen LogP contribution in [0, 0.1) is 5.92 Å². The second-order valence-electron chi connectivity index (χ2n) is 7.01. The van der Waals surface area contributed by atoms with Gasteiger partial charge in [0.25, 0.3) is 0 Å². The van der Waals surface area contributed by atoms with E-state index >= 15 is 0 Å². The molecule has 0 radical (unpaired) electrons. The van der Waals surface area contributed by atoms with Crippen molar-refractivity contribution in [3.8, 4) is 0 Å². The van der Waals surface area contributed by atoms with Crippen molar-refractivity contribution < 1.29 is 4.74 Å². The Labute approximate surface area is 146 Å². The van der Waals surface area contributed by atoms with Gasteiger partial charge in [0, 0.05) is 44.5 Å². The van der Waals surface area contributed by atoms with Gasteiger partial charge in [0.2, 0.25) is 0 Å². The van der Waals surface area contributed by atoms with Gasteiger partial charge in [0.15, 0.2) is 5.96 Å². The summed E-state index contributed by atoms with van der Waals surface area (Å²) in [6.45, 7) is 10.4. The average molecular weight is 343 g/mol. The van der Waals surface area contributed by atoms with Crippen molar-refractivity contribution in [2.24, 2.45) is 10.9 Å². The molecule has 2 aliphatic rings. The van der Waals surface area contributed by atoms with E-state index in [1.165, 1.54) is 30.8 Å². The number of guanidine groups is 1. The van der Waals surface area contributed by atoms with Crippen LogP contribution in [0.5, 0.6) is 0 Å². The molecule has 0 aromatic rings. The van der Waals surface area contributed by atoms with Crippen LogP contribution in [0.4, 0.5) is 0 Å². The monoisotopic (exact) mass is 342 g/mol. The van der Waals surface area contributed by atoms with Crippen LogP contribution in [0.15, 0.2) is 4.99 Å². The summed E-state index contributed by atoms with van der Waals surface area (Å²) in [5.74, 6) is 4.19. The van der Waals surface area contributed by atoms with Crippen LogP contribution in [0.3, 0.4) is 0 Å². The molecule has 0 aliphatic carbocycles. The molecule has 23 heavy (non-hydrogen) atoms. The van der Waals surface area contributed by atoms with Crippen LogP contribution >= 0.6 is 11.8 Å². The molecule has 5 nitrogen and oxygen atoms in total. The van der Waals surface area contributed by atoms with E-state index in [-0.39, 0.29) is 5.54 Å². The molecular formula is C17H34N4OS. The number of hydrogen-bond acceptors (Lipinski definition) is 4. The molecule has 2 saturated heterocycles. The van der Waals surface area contributed by atoms with Crippen molar-refractivity contribution >= 4 is 17.7 Å². The number of aliphatic imine (C=N–C) groups is 1. The minimum absolute atomic E-state index is 0.268. The van der Waals surface area contributed by atoms with Crippen LogP contribution in [0.1, 0.15) is 33.1 Å². The third-order valence-corrected chi connectivity index (χ3v) is 6.06. The maximum atomic E-state index is 5.53. The normalized spacial score (nSPS) is 26.7. The zero-order chi connectivity index (χ0) is 16.5. The Kier molecular flexibility index (Phi) is 7.99. The average Bonchev–Trinajstić information content (AvgIpc) is 3.05. The molecule has 0 spiro atoms. The molecule has 6 heteroatoms. The third-order valence-electron chi connectivity index (χ3n) is 4.82. The SMILES string of the molecule is CN=C(NCCCC(C)C)NCC1(N2CCOCC2)CCSC1. The Hall–Kier alpha value is -0.460. The molecule has 0 bridgehead atoms. The summed E-state index contributed by atoms with van der Waals surface area (Å²) in [7, 11) is 1.86. The molecule has 2 aliphatic heterocycles. The number of hydrogen-bond donors (Lipinski definition) is 2. The fraction of sp³-hybridized carbons (Fsp3) is 0.941. The van der Waals surface area contributed by atoms with Gasteiger partial charge in [-0.2, -0.15) is 11.8 Å². The van der Waals surface area contributed by atoms with Crippen molar-refractivity contribution in [1.29, 1.82) is 0 Å². The number of nitrogens with zero attached hydrogens (tertiary/aromatic N) is 2. The van der Waals surface area contributed by atoms with Gasteiger partial charge in [-0.3, -0.25) is 9.89 Å². The Morgan fingerprint density at radius 3 is 2.70 bits per heavy atom. The second-order valence-corrected chi connectivity index (χ2v) is 8.12. The molecule has 2 fully saturated rings. The summed E-state index contributed by atoms with van der Waals surface area (Å²) in [5.41, 5.74) is 0.268. The summed E-state index contributed by atoms with van der Waals surface area (Å²) in [5, 5.41) is 7.04. The molecule has 134 valence electrons. The van der Waals surface area contributed by atoms with E-state index < -0.39 is 0 Å². The van der Waals surface area contributed by atoms with Crippen LogP contribution in [0.2, 0.25) is 0 Å². The van der Waals surface area contributed by atoms with Crippen LogP contribution < -0.4 is 10.6 Å². The van der Waals surface area contributed by atoms with E-state index in [9.17, 15) is 0 Å². The quantitative estimate of drug-likeness (QED) is 0.420. The maximum Gasteiger partial charge on any atom is 0.191 e. The maximum absolute atomic E-state index is 5.53. The smallest absolute Gasteiger partial charge is 0.191 e. The van der Waals surface area contributed by atoms with E-state index in [2.05, 4.69) is 46.1 Å². The van der Waals surface area contributed by atoms with Crippen LogP contribution in [-0.2, 0) is 4.74 Å². The van der Waals surface area contributed by atoms with E-state index in [1.807, 2.05) is 7.05 Å². The van der Waals surface area contributed by atoms with Gasteiger partial charge in [-0.1, -0.05) is 13.8 Å². The van der Waals surface area contributed by atoms with Crippen molar-refractivity contribution in [3.63, 3.8) is 0 Å². The summed E-state index contributed by atoms with van der Waals surface area (Å²) >= 11 is 2.08.